The number of hydrogen-bond acceptors (Lipinski definition) is 3. The Balaban J connectivity index is 1.61. The van der Waals surface area contributed by atoms with Gasteiger partial charge in [0.05, 0.1) is 12.1 Å². The third-order valence-corrected chi connectivity index (χ3v) is 5.62. The zero-order valence-electron chi connectivity index (χ0n) is 13.8. The van der Waals surface area contributed by atoms with E-state index in [0.717, 1.165) is 25.9 Å². The van der Waals surface area contributed by atoms with E-state index in [0.29, 0.717) is 0 Å². The largest absolute Gasteiger partial charge is 0.347 e. The van der Waals surface area contributed by atoms with Gasteiger partial charge in [-0.25, -0.2) is 0 Å². The number of rotatable bonds is 5. The van der Waals surface area contributed by atoms with Gasteiger partial charge >= 0.3 is 0 Å². The molecule has 3 nitrogen and oxygen atoms in total. The summed E-state index contributed by atoms with van der Waals surface area (Å²) in [5, 5.41) is 3.20. The molecule has 1 aromatic heterocycles. The maximum atomic E-state index is 12.7. The normalized spacial score (nSPS) is 19.7. The molecule has 3 rings (SSSR count). The first-order chi connectivity index (χ1) is 11.1. The Bertz CT molecular complexity index is 652. The zero-order valence-corrected chi connectivity index (χ0v) is 14.6. The summed E-state index contributed by atoms with van der Waals surface area (Å²) in [5.41, 5.74) is 1.27. The molecule has 0 spiro atoms. The van der Waals surface area contributed by atoms with E-state index in [1.807, 2.05) is 6.07 Å². The number of nitrogens with zero attached hydrogens (tertiary/aromatic N) is 1. The summed E-state index contributed by atoms with van der Waals surface area (Å²) < 4.78 is 0. The van der Waals surface area contributed by atoms with Gasteiger partial charge in [-0.15, -0.1) is 11.3 Å². The Kier molecular flexibility index (Phi) is 5.13. The van der Waals surface area contributed by atoms with E-state index < -0.39 is 0 Å². The lowest BCUT2D eigenvalue weighted by Gasteiger charge is -2.25. The fourth-order valence-corrected chi connectivity index (χ4v) is 4.08. The van der Waals surface area contributed by atoms with Gasteiger partial charge in [-0.1, -0.05) is 30.3 Å². The molecule has 1 saturated heterocycles. The SMILES string of the molecule is Cc1ccc([C@H](C)NC(=O)[C@@H]2CCCN2Cc2ccccc2)s1. The maximum absolute atomic E-state index is 12.7. The molecule has 2 aromatic rings. The Hall–Kier alpha value is -1.65. The fourth-order valence-electron chi connectivity index (χ4n) is 3.20. The number of carbonyl (C=O) groups is 1. The van der Waals surface area contributed by atoms with E-state index in [1.54, 1.807) is 11.3 Å². The third kappa shape index (κ3) is 4.01. The van der Waals surface area contributed by atoms with Gasteiger partial charge in [0.2, 0.25) is 5.91 Å². The molecular formula is C19H24N2OS. The molecule has 0 bridgehead atoms. The second-order valence-corrected chi connectivity index (χ2v) is 7.61. The molecule has 1 aromatic carbocycles. The predicted molar refractivity (Wildman–Crippen MR) is 95.5 cm³/mol. The smallest absolute Gasteiger partial charge is 0.237 e. The van der Waals surface area contributed by atoms with Crippen LogP contribution in [0.25, 0.3) is 0 Å². The van der Waals surface area contributed by atoms with Crippen molar-refractivity contribution in [3.05, 3.63) is 57.8 Å². The van der Waals surface area contributed by atoms with E-state index in [-0.39, 0.29) is 18.0 Å². The summed E-state index contributed by atoms with van der Waals surface area (Å²) in [4.78, 5) is 17.5. The molecule has 0 aliphatic carbocycles. The van der Waals surface area contributed by atoms with Gasteiger partial charge in [-0.3, -0.25) is 9.69 Å². The van der Waals surface area contributed by atoms with E-state index in [2.05, 4.69) is 60.5 Å². The Morgan fingerprint density at radius 2 is 2.09 bits per heavy atom. The van der Waals surface area contributed by atoms with Gasteiger partial charge in [-0.2, -0.15) is 0 Å². The Morgan fingerprint density at radius 1 is 1.30 bits per heavy atom. The van der Waals surface area contributed by atoms with Crippen LogP contribution in [0.5, 0.6) is 0 Å². The highest BCUT2D eigenvalue weighted by Gasteiger charge is 2.31. The zero-order chi connectivity index (χ0) is 16.2. The second-order valence-electron chi connectivity index (χ2n) is 6.29. The lowest BCUT2D eigenvalue weighted by atomic mass is 10.1. The second kappa shape index (κ2) is 7.28. The monoisotopic (exact) mass is 328 g/mol. The van der Waals surface area contributed by atoms with Crippen molar-refractivity contribution in [1.29, 1.82) is 0 Å². The summed E-state index contributed by atoms with van der Waals surface area (Å²) in [7, 11) is 0. The molecule has 0 saturated carbocycles. The molecule has 2 heterocycles. The number of nitrogens with one attached hydrogen (secondary N) is 1. The van der Waals surface area contributed by atoms with Crippen LogP contribution in [0.15, 0.2) is 42.5 Å². The molecule has 0 radical (unpaired) electrons. The summed E-state index contributed by atoms with van der Waals surface area (Å²) in [6.07, 6.45) is 2.05. The number of aryl methyl sites for hydroxylation is 1. The average Bonchev–Trinajstić information content (AvgIpc) is 3.17. The number of carbonyl (C=O) groups excluding carboxylic acids is 1. The van der Waals surface area contributed by atoms with Crippen LogP contribution in [-0.4, -0.2) is 23.4 Å². The van der Waals surface area contributed by atoms with Crippen molar-refractivity contribution >= 4 is 17.2 Å². The minimum absolute atomic E-state index is 0.00119. The van der Waals surface area contributed by atoms with Crippen molar-refractivity contribution in [2.45, 2.75) is 45.3 Å². The van der Waals surface area contributed by atoms with Crippen LogP contribution in [0.4, 0.5) is 0 Å². The summed E-state index contributed by atoms with van der Waals surface area (Å²) in [6.45, 7) is 6.02. The van der Waals surface area contributed by atoms with Crippen molar-refractivity contribution in [2.75, 3.05) is 6.54 Å². The van der Waals surface area contributed by atoms with Crippen LogP contribution in [0.1, 0.15) is 41.1 Å². The van der Waals surface area contributed by atoms with Crippen molar-refractivity contribution in [1.82, 2.24) is 10.2 Å². The van der Waals surface area contributed by atoms with Crippen LogP contribution in [0.2, 0.25) is 0 Å². The van der Waals surface area contributed by atoms with Gasteiger partial charge in [0.15, 0.2) is 0 Å². The Morgan fingerprint density at radius 3 is 2.78 bits per heavy atom. The topological polar surface area (TPSA) is 32.3 Å². The highest BCUT2D eigenvalue weighted by Crippen LogP contribution is 2.24. The van der Waals surface area contributed by atoms with Crippen LogP contribution in [-0.2, 0) is 11.3 Å². The highest BCUT2D eigenvalue weighted by molar-refractivity contribution is 7.12. The fraction of sp³-hybridized carbons (Fsp3) is 0.421. The molecule has 1 aliphatic rings. The lowest BCUT2D eigenvalue weighted by molar-refractivity contribution is -0.126. The molecular weight excluding hydrogens is 304 g/mol. The van der Waals surface area contributed by atoms with Crippen molar-refractivity contribution in [2.24, 2.45) is 0 Å². The molecule has 1 aliphatic heterocycles. The average molecular weight is 328 g/mol. The number of amides is 1. The van der Waals surface area contributed by atoms with E-state index in [4.69, 9.17) is 0 Å². The van der Waals surface area contributed by atoms with Crippen LogP contribution in [0, 0.1) is 6.92 Å². The number of hydrogen-bond donors (Lipinski definition) is 1. The number of likely N-dealkylation sites (tertiary alicyclic amines) is 1. The Labute approximate surface area is 142 Å². The number of benzene rings is 1. The van der Waals surface area contributed by atoms with Gasteiger partial charge in [-0.05, 0) is 50.9 Å². The quantitative estimate of drug-likeness (QED) is 0.903. The van der Waals surface area contributed by atoms with Gasteiger partial charge in [0, 0.05) is 16.3 Å². The molecule has 122 valence electrons. The first-order valence-corrected chi connectivity index (χ1v) is 9.10. The minimum Gasteiger partial charge on any atom is -0.347 e. The maximum Gasteiger partial charge on any atom is 0.237 e. The van der Waals surface area contributed by atoms with Crippen molar-refractivity contribution in [3.8, 4) is 0 Å². The van der Waals surface area contributed by atoms with Crippen LogP contribution < -0.4 is 5.32 Å². The van der Waals surface area contributed by atoms with Crippen LogP contribution in [0.3, 0.4) is 0 Å². The standard InChI is InChI=1S/C19H24N2OS/c1-14-10-11-18(23-14)15(2)20-19(22)17-9-6-12-21(17)13-16-7-4-3-5-8-16/h3-5,7-8,10-11,15,17H,6,9,12-13H2,1-2H3,(H,20,22)/t15-,17-/m0/s1. The molecule has 1 fully saturated rings. The summed E-state index contributed by atoms with van der Waals surface area (Å²) in [6, 6.07) is 14.7. The van der Waals surface area contributed by atoms with E-state index in [9.17, 15) is 4.79 Å². The van der Waals surface area contributed by atoms with Gasteiger partial charge in [0.1, 0.15) is 0 Å². The molecule has 1 amide bonds. The minimum atomic E-state index is -0.00119. The van der Waals surface area contributed by atoms with E-state index >= 15 is 0 Å². The third-order valence-electron chi connectivity index (χ3n) is 4.44. The van der Waals surface area contributed by atoms with E-state index in [1.165, 1.54) is 15.3 Å². The first kappa shape index (κ1) is 16.2. The molecule has 1 N–H and O–H groups in total. The molecule has 4 heteroatoms. The first-order valence-electron chi connectivity index (χ1n) is 8.28. The van der Waals surface area contributed by atoms with Crippen molar-refractivity contribution in [3.63, 3.8) is 0 Å². The molecule has 0 unspecified atom stereocenters. The highest BCUT2D eigenvalue weighted by atomic mass is 32.1. The molecule has 2 atom stereocenters. The lowest BCUT2D eigenvalue weighted by Crippen LogP contribution is -2.43. The summed E-state index contributed by atoms with van der Waals surface area (Å²) in [5.74, 6) is 0.164. The summed E-state index contributed by atoms with van der Waals surface area (Å²) >= 11 is 1.76. The predicted octanol–water partition coefficient (Wildman–Crippen LogP) is 3.90. The molecule has 23 heavy (non-hydrogen) atoms. The number of thiophene rings is 1. The van der Waals surface area contributed by atoms with Gasteiger partial charge < -0.3 is 5.32 Å². The van der Waals surface area contributed by atoms with Crippen LogP contribution >= 0.6 is 11.3 Å². The van der Waals surface area contributed by atoms with Gasteiger partial charge in [0.25, 0.3) is 0 Å². The van der Waals surface area contributed by atoms with Crippen molar-refractivity contribution < 1.29 is 4.79 Å².